The van der Waals surface area contributed by atoms with Crippen molar-refractivity contribution in [2.75, 3.05) is 4.90 Å². The van der Waals surface area contributed by atoms with Crippen LogP contribution in [0.25, 0.3) is 11.5 Å². The van der Waals surface area contributed by atoms with Gasteiger partial charge in [0.1, 0.15) is 5.82 Å². The third kappa shape index (κ3) is 4.58. The number of nitrogens with zero attached hydrogens (tertiary/aromatic N) is 5. The standard InChI is InChI=1S/C21H14F3N5O2/c22-15-2-1-3-17(10-15)29(21(30)13-6-8-25-9-7-13)12-16-5-4-14(11-26-16)19-27-28-20(31-19)18(23)24/h1-11,18H,12H2. The molecule has 0 fully saturated rings. The van der Waals surface area contributed by atoms with Gasteiger partial charge in [-0.1, -0.05) is 6.07 Å². The average Bonchev–Trinajstić information content (AvgIpc) is 3.29. The van der Waals surface area contributed by atoms with Crippen LogP contribution in [0.2, 0.25) is 0 Å². The van der Waals surface area contributed by atoms with Crippen molar-refractivity contribution < 1.29 is 22.4 Å². The fraction of sp³-hybridized carbons (Fsp3) is 0.0952. The lowest BCUT2D eigenvalue weighted by Crippen LogP contribution is -2.30. The van der Waals surface area contributed by atoms with E-state index in [1.54, 1.807) is 30.3 Å². The summed E-state index contributed by atoms with van der Waals surface area (Å²) in [5.74, 6) is -1.72. The zero-order chi connectivity index (χ0) is 21.8. The van der Waals surface area contributed by atoms with Crippen LogP contribution in [0.4, 0.5) is 18.9 Å². The molecule has 0 saturated carbocycles. The summed E-state index contributed by atoms with van der Waals surface area (Å²) >= 11 is 0. The molecular weight excluding hydrogens is 411 g/mol. The molecule has 3 aromatic heterocycles. The minimum absolute atomic E-state index is 0.0387. The molecule has 1 amide bonds. The van der Waals surface area contributed by atoms with Crippen LogP contribution in [-0.2, 0) is 6.54 Å². The fourth-order valence-electron chi connectivity index (χ4n) is 2.82. The number of alkyl halides is 2. The van der Waals surface area contributed by atoms with Gasteiger partial charge >= 0.3 is 6.43 Å². The molecule has 0 aliphatic rings. The Kier molecular flexibility index (Phi) is 5.69. The summed E-state index contributed by atoms with van der Waals surface area (Å²) in [6, 6.07) is 11.9. The molecule has 156 valence electrons. The largest absolute Gasteiger partial charge is 0.415 e. The molecule has 4 aromatic rings. The minimum Gasteiger partial charge on any atom is -0.415 e. The van der Waals surface area contributed by atoms with Crippen molar-refractivity contribution in [1.29, 1.82) is 0 Å². The van der Waals surface area contributed by atoms with Crippen molar-refractivity contribution in [3.05, 3.63) is 90.1 Å². The second-order valence-corrected chi connectivity index (χ2v) is 6.39. The Bertz CT molecular complexity index is 1180. The summed E-state index contributed by atoms with van der Waals surface area (Å²) in [6.07, 6.45) is 1.48. The lowest BCUT2D eigenvalue weighted by atomic mass is 10.2. The normalized spacial score (nSPS) is 11.0. The third-order valence-corrected chi connectivity index (χ3v) is 4.31. The van der Waals surface area contributed by atoms with Gasteiger partial charge in [0.25, 0.3) is 11.8 Å². The SMILES string of the molecule is O=C(c1ccncc1)N(Cc1ccc(-c2nnc(C(F)F)o2)cn1)c1cccc(F)c1. The van der Waals surface area contributed by atoms with Crippen LogP contribution in [-0.4, -0.2) is 26.1 Å². The Labute approximate surface area is 174 Å². The third-order valence-electron chi connectivity index (χ3n) is 4.31. The molecular formula is C21H14F3N5O2. The Balaban J connectivity index is 1.61. The van der Waals surface area contributed by atoms with Crippen molar-refractivity contribution >= 4 is 11.6 Å². The summed E-state index contributed by atoms with van der Waals surface area (Å²) in [5, 5.41) is 6.85. The van der Waals surface area contributed by atoms with E-state index in [0.717, 1.165) is 0 Å². The molecule has 0 atom stereocenters. The summed E-state index contributed by atoms with van der Waals surface area (Å²) < 4.78 is 44.0. The van der Waals surface area contributed by atoms with Crippen LogP contribution >= 0.6 is 0 Å². The first kappa shape index (κ1) is 20.2. The van der Waals surface area contributed by atoms with Crippen LogP contribution in [0.5, 0.6) is 0 Å². The highest BCUT2D eigenvalue weighted by Crippen LogP contribution is 2.24. The second kappa shape index (κ2) is 8.74. The number of carbonyl (C=O) groups excluding carboxylic acids is 1. The topological polar surface area (TPSA) is 85.0 Å². The van der Waals surface area contributed by atoms with E-state index in [2.05, 4.69) is 20.2 Å². The van der Waals surface area contributed by atoms with E-state index in [0.29, 0.717) is 22.5 Å². The van der Waals surface area contributed by atoms with E-state index >= 15 is 0 Å². The maximum absolute atomic E-state index is 13.8. The number of carbonyl (C=O) groups is 1. The first-order valence-electron chi connectivity index (χ1n) is 9.05. The van der Waals surface area contributed by atoms with Gasteiger partial charge in [-0.05, 0) is 42.5 Å². The van der Waals surface area contributed by atoms with E-state index in [1.165, 1.54) is 41.7 Å². The van der Waals surface area contributed by atoms with Crippen LogP contribution in [0.1, 0.15) is 28.4 Å². The number of hydrogen-bond donors (Lipinski definition) is 0. The van der Waals surface area contributed by atoms with Crippen LogP contribution < -0.4 is 4.90 Å². The Morgan fingerprint density at radius 1 is 1.06 bits per heavy atom. The summed E-state index contributed by atoms with van der Waals surface area (Å²) in [5.41, 5.74) is 1.55. The van der Waals surface area contributed by atoms with E-state index in [-0.39, 0.29) is 18.3 Å². The number of anilines is 1. The van der Waals surface area contributed by atoms with Crippen molar-refractivity contribution in [3.8, 4) is 11.5 Å². The number of rotatable bonds is 6. The molecule has 0 unspecified atom stereocenters. The molecule has 0 saturated heterocycles. The van der Waals surface area contributed by atoms with Crippen LogP contribution in [0, 0.1) is 5.82 Å². The Morgan fingerprint density at radius 3 is 2.52 bits per heavy atom. The van der Waals surface area contributed by atoms with Gasteiger partial charge in [0.05, 0.1) is 17.8 Å². The Morgan fingerprint density at radius 2 is 1.87 bits per heavy atom. The molecule has 0 aliphatic heterocycles. The van der Waals surface area contributed by atoms with Gasteiger partial charge in [-0.3, -0.25) is 14.8 Å². The van der Waals surface area contributed by atoms with Crippen molar-refractivity contribution in [1.82, 2.24) is 20.2 Å². The number of pyridine rings is 2. The molecule has 31 heavy (non-hydrogen) atoms. The van der Waals surface area contributed by atoms with Crippen LogP contribution in [0.15, 0.2) is 71.5 Å². The molecule has 1 aromatic carbocycles. The summed E-state index contributed by atoms with van der Waals surface area (Å²) in [4.78, 5) is 22.6. The van der Waals surface area contributed by atoms with Gasteiger partial charge < -0.3 is 9.32 Å². The first-order valence-corrected chi connectivity index (χ1v) is 9.05. The number of aromatic nitrogens is 4. The highest BCUT2D eigenvalue weighted by Gasteiger charge is 2.20. The molecule has 10 heteroatoms. The van der Waals surface area contributed by atoms with E-state index in [1.807, 2.05) is 0 Å². The lowest BCUT2D eigenvalue weighted by Gasteiger charge is -2.23. The predicted molar refractivity (Wildman–Crippen MR) is 104 cm³/mol. The van der Waals surface area contributed by atoms with E-state index < -0.39 is 18.1 Å². The number of halogens is 3. The maximum atomic E-state index is 13.8. The Hall–Kier alpha value is -4.08. The maximum Gasteiger partial charge on any atom is 0.314 e. The van der Waals surface area contributed by atoms with Crippen molar-refractivity contribution in [2.45, 2.75) is 13.0 Å². The average molecular weight is 425 g/mol. The highest BCUT2D eigenvalue weighted by molar-refractivity contribution is 6.05. The van der Waals surface area contributed by atoms with E-state index in [9.17, 15) is 18.0 Å². The number of amides is 1. The van der Waals surface area contributed by atoms with Gasteiger partial charge in [0, 0.05) is 29.8 Å². The number of hydrogen-bond acceptors (Lipinski definition) is 6. The summed E-state index contributed by atoms with van der Waals surface area (Å²) in [7, 11) is 0. The zero-order valence-electron chi connectivity index (χ0n) is 15.8. The van der Waals surface area contributed by atoms with Crippen molar-refractivity contribution in [2.24, 2.45) is 0 Å². The smallest absolute Gasteiger partial charge is 0.314 e. The second-order valence-electron chi connectivity index (χ2n) is 6.39. The molecule has 0 bridgehead atoms. The van der Waals surface area contributed by atoms with E-state index in [4.69, 9.17) is 4.42 Å². The first-order chi connectivity index (χ1) is 15.0. The number of benzene rings is 1. The lowest BCUT2D eigenvalue weighted by molar-refractivity contribution is 0.0984. The van der Waals surface area contributed by atoms with Gasteiger partial charge in [-0.25, -0.2) is 4.39 Å². The minimum atomic E-state index is -2.87. The fourth-order valence-corrected chi connectivity index (χ4v) is 2.82. The molecule has 3 heterocycles. The summed E-state index contributed by atoms with van der Waals surface area (Å²) in [6.45, 7) is 0.0387. The molecule has 7 nitrogen and oxygen atoms in total. The van der Waals surface area contributed by atoms with Gasteiger partial charge in [0.2, 0.25) is 5.89 Å². The molecule has 0 radical (unpaired) electrons. The molecule has 4 rings (SSSR count). The molecule has 0 N–H and O–H groups in total. The van der Waals surface area contributed by atoms with Crippen LogP contribution in [0.3, 0.4) is 0 Å². The quantitative estimate of drug-likeness (QED) is 0.454. The monoisotopic (exact) mass is 425 g/mol. The predicted octanol–water partition coefficient (Wildman–Crippen LogP) is 4.45. The van der Waals surface area contributed by atoms with Crippen molar-refractivity contribution in [3.63, 3.8) is 0 Å². The van der Waals surface area contributed by atoms with Gasteiger partial charge in [0.15, 0.2) is 0 Å². The molecule has 0 spiro atoms. The zero-order valence-corrected chi connectivity index (χ0v) is 15.8. The van der Waals surface area contributed by atoms with Gasteiger partial charge in [-0.15, -0.1) is 10.2 Å². The highest BCUT2D eigenvalue weighted by atomic mass is 19.3. The molecule has 0 aliphatic carbocycles. The van der Waals surface area contributed by atoms with Gasteiger partial charge in [-0.2, -0.15) is 8.78 Å².